The summed E-state index contributed by atoms with van der Waals surface area (Å²) in [5, 5.41) is 3.10. The third-order valence-electron chi connectivity index (χ3n) is 2.02. The summed E-state index contributed by atoms with van der Waals surface area (Å²) in [6.45, 7) is 0.613. The first-order valence-electron chi connectivity index (χ1n) is 4.53. The predicted molar refractivity (Wildman–Crippen MR) is 57.0 cm³/mol. The number of anilines is 2. The molecule has 0 aliphatic carbocycles. The first-order chi connectivity index (χ1) is 7.25. The van der Waals surface area contributed by atoms with Gasteiger partial charge in [0.1, 0.15) is 17.5 Å². The van der Waals surface area contributed by atoms with Crippen molar-refractivity contribution in [1.29, 1.82) is 0 Å². The van der Waals surface area contributed by atoms with Crippen LogP contribution in [0.25, 0.3) is 0 Å². The minimum Gasteiger partial charge on any atom is -0.382 e. The molecule has 15 heavy (non-hydrogen) atoms. The normalized spacial score (nSPS) is 10.2. The fourth-order valence-corrected chi connectivity index (χ4v) is 1.17. The highest BCUT2D eigenvalue weighted by molar-refractivity contribution is 5.35. The van der Waals surface area contributed by atoms with Crippen molar-refractivity contribution in [3.05, 3.63) is 30.6 Å². The molecule has 6 nitrogen and oxygen atoms in total. The van der Waals surface area contributed by atoms with Gasteiger partial charge in [-0.3, -0.25) is 0 Å². The Labute approximate surface area is 87.2 Å². The van der Waals surface area contributed by atoms with Gasteiger partial charge in [0, 0.05) is 19.4 Å². The van der Waals surface area contributed by atoms with Gasteiger partial charge in [-0.05, 0) is 0 Å². The van der Waals surface area contributed by atoms with Crippen molar-refractivity contribution in [2.75, 3.05) is 11.1 Å². The van der Waals surface area contributed by atoms with Gasteiger partial charge in [-0.1, -0.05) is 0 Å². The Bertz CT molecular complexity index is 432. The lowest BCUT2D eigenvalue weighted by Crippen LogP contribution is -2.07. The quantitative estimate of drug-likeness (QED) is 0.756. The Morgan fingerprint density at radius 1 is 1.33 bits per heavy atom. The van der Waals surface area contributed by atoms with Crippen molar-refractivity contribution >= 4 is 11.6 Å². The molecule has 3 N–H and O–H groups in total. The molecule has 0 bridgehead atoms. The monoisotopic (exact) mass is 204 g/mol. The zero-order valence-corrected chi connectivity index (χ0v) is 8.38. The molecule has 0 amide bonds. The van der Waals surface area contributed by atoms with Gasteiger partial charge in [0.2, 0.25) is 0 Å². The van der Waals surface area contributed by atoms with Gasteiger partial charge in [-0.15, -0.1) is 0 Å². The van der Waals surface area contributed by atoms with Crippen molar-refractivity contribution in [3.63, 3.8) is 0 Å². The van der Waals surface area contributed by atoms with E-state index in [-0.39, 0.29) is 0 Å². The van der Waals surface area contributed by atoms with Crippen molar-refractivity contribution in [2.24, 2.45) is 7.05 Å². The zero-order valence-electron chi connectivity index (χ0n) is 8.38. The summed E-state index contributed by atoms with van der Waals surface area (Å²) in [6, 6.07) is 0. The number of nitrogens with two attached hydrogens (primary N) is 1. The number of aromatic nitrogens is 4. The third kappa shape index (κ3) is 2.22. The number of nitrogens with zero attached hydrogens (tertiary/aromatic N) is 4. The molecule has 2 aromatic rings. The number of hydrogen-bond acceptors (Lipinski definition) is 5. The number of hydrogen-bond donors (Lipinski definition) is 2. The number of aryl methyl sites for hydroxylation is 1. The minimum atomic E-state index is 0.414. The summed E-state index contributed by atoms with van der Waals surface area (Å²) in [6.07, 6.45) is 6.76. The smallest absolute Gasteiger partial charge is 0.145 e. The van der Waals surface area contributed by atoms with E-state index in [2.05, 4.69) is 20.3 Å². The Kier molecular flexibility index (Phi) is 2.49. The van der Waals surface area contributed by atoms with E-state index in [0.717, 1.165) is 5.82 Å². The summed E-state index contributed by atoms with van der Waals surface area (Å²) in [7, 11) is 1.94. The molecule has 0 unspecified atom stereocenters. The minimum absolute atomic E-state index is 0.414. The van der Waals surface area contributed by atoms with Crippen molar-refractivity contribution in [2.45, 2.75) is 6.54 Å². The summed E-state index contributed by atoms with van der Waals surface area (Å²) in [5.74, 6) is 2.04. The van der Waals surface area contributed by atoms with Gasteiger partial charge in [-0.2, -0.15) is 0 Å². The molecule has 78 valence electrons. The van der Waals surface area contributed by atoms with Crippen molar-refractivity contribution in [1.82, 2.24) is 19.5 Å². The number of nitrogens with one attached hydrogen (secondary N) is 1. The summed E-state index contributed by atoms with van der Waals surface area (Å²) in [4.78, 5) is 12.2. The van der Waals surface area contributed by atoms with E-state index in [4.69, 9.17) is 5.73 Å². The summed E-state index contributed by atoms with van der Waals surface area (Å²) >= 11 is 0. The van der Waals surface area contributed by atoms with Crippen LogP contribution in [-0.4, -0.2) is 19.5 Å². The van der Waals surface area contributed by atoms with Crippen molar-refractivity contribution < 1.29 is 0 Å². The molecule has 0 fully saturated rings. The van der Waals surface area contributed by atoms with E-state index >= 15 is 0 Å². The Morgan fingerprint density at radius 3 is 2.80 bits per heavy atom. The van der Waals surface area contributed by atoms with Gasteiger partial charge in [0.25, 0.3) is 0 Å². The fourth-order valence-electron chi connectivity index (χ4n) is 1.17. The maximum absolute atomic E-state index is 5.42. The molecule has 0 saturated heterocycles. The molecule has 0 aromatic carbocycles. The van der Waals surface area contributed by atoms with Crippen LogP contribution in [0.5, 0.6) is 0 Å². The number of imidazole rings is 1. The molecular formula is C9H12N6. The van der Waals surface area contributed by atoms with Crippen LogP contribution in [0.1, 0.15) is 5.82 Å². The number of rotatable bonds is 3. The van der Waals surface area contributed by atoms with Crippen LogP contribution in [0.4, 0.5) is 11.6 Å². The third-order valence-corrected chi connectivity index (χ3v) is 2.02. The lowest BCUT2D eigenvalue weighted by atomic mass is 10.5. The topological polar surface area (TPSA) is 81.7 Å². The van der Waals surface area contributed by atoms with E-state index in [1.54, 1.807) is 12.4 Å². The number of nitrogen functional groups attached to an aromatic ring is 1. The molecule has 0 aliphatic rings. The fraction of sp³-hybridized carbons (Fsp3) is 0.222. The molecule has 0 aliphatic heterocycles. The zero-order chi connectivity index (χ0) is 10.7. The molecule has 2 aromatic heterocycles. The first kappa shape index (κ1) is 9.45. The highest BCUT2D eigenvalue weighted by Gasteiger charge is 1.99. The van der Waals surface area contributed by atoms with Crippen LogP contribution < -0.4 is 11.1 Å². The molecule has 0 saturated carbocycles. The second-order valence-electron chi connectivity index (χ2n) is 3.13. The van der Waals surface area contributed by atoms with Crippen LogP contribution in [0.3, 0.4) is 0 Å². The van der Waals surface area contributed by atoms with Crippen LogP contribution in [-0.2, 0) is 13.6 Å². The van der Waals surface area contributed by atoms with Crippen LogP contribution in [0.15, 0.2) is 24.8 Å². The molecular weight excluding hydrogens is 192 g/mol. The second kappa shape index (κ2) is 3.95. The van der Waals surface area contributed by atoms with E-state index in [1.807, 2.05) is 17.8 Å². The summed E-state index contributed by atoms with van der Waals surface area (Å²) < 4.78 is 1.94. The average molecular weight is 204 g/mol. The van der Waals surface area contributed by atoms with Gasteiger partial charge < -0.3 is 15.6 Å². The van der Waals surface area contributed by atoms with E-state index in [9.17, 15) is 0 Å². The van der Waals surface area contributed by atoms with Crippen LogP contribution in [0, 0.1) is 0 Å². The van der Waals surface area contributed by atoms with Gasteiger partial charge in [0.05, 0.1) is 18.9 Å². The summed E-state index contributed by atoms with van der Waals surface area (Å²) in [5.41, 5.74) is 5.42. The Balaban J connectivity index is 1.99. The lowest BCUT2D eigenvalue weighted by molar-refractivity contribution is 0.810. The average Bonchev–Trinajstić information content (AvgIpc) is 2.63. The molecule has 0 spiro atoms. The van der Waals surface area contributed by atoms with Gasteiger partial charge in [-0.25, -0.2) is 15.0 Å². The van der Waals surface area contributed by atoms with Crippen LogP contribution >= 0.6 is 0 Å². The predicted octanol–water partition coefficient (Wildman–Crippen LogP) is 0.404. The Hall–Kier alpha value is -2.11. The molecule has 6 heteroatoms. The highest BCUT2D eigenvalue weighted by atomic mass is 15.1. The van der Waals surface area contributed by atoms with Gasteiger partial charge in [0.15, 0.2) is 0 Å². The largest absolute Gasteiger partial charge is 0.382 e. The maximum atomic E-state index is 5.42. The Morgan fingerprint density at radius 2 is 2.20 bits per heavy atom. The lowest BCUT2D eigenvalue weighted by Gasteiger charge is -2.04. The first-order valence-corrected chi connectivity index (χ1v) is 4.53. The molecule has 0 atom stereocenters. The van der Waals surface area contributed by atoms with E-state index in [1.165, 1.54) is 6.20 Å². The van der Waals surface area contributed by atoms with E-state index < -0.39 is 0 Å². The highest BCUT2D eigenvalue weighted by Crippen LogP contribution is 2.03. The van der Waals surface area contributed by atoms with Crippen molar-refractivity contribution in [3.8, 4) is 0 Å². The second-order valence-corrected chi connectivity index (χ2v) is 3.13. The van der Waals surface area contributed by atoms with Crippen LogP contribution in [0.2, 0.25) is 0 Å². The standard InChI is InChI=1S/C9H12N6/c1-15-3-2-11-9(15)6-14-8-5-12-7(10)4-13-8/h2-5H,6H2,1H3,(H2,10,12)(H,13,14). The SMILES string of the molecule is Cn1ccnc1CNc1cnc(N)cn1. The van der Waals surface area contributed by atoms with Gasteiger partial charge >= 0.3 is 0 Å². The maximum Gasteiger partial charge on any atom is 0.145 e. The molecule has 0 radical (unpaired) electrons. The molecule has 2 heterocycles. The molecule has 2 rings (SSSR count). The van der Waals surface area contributed by atoms with E-state index in [0.29, 0.717) is 18.2 Å².